The first kappa shape index (κ1) is 14.9. The molecule has 100 valence electrons. The largest absolute Gasteiger partial charge is 0.400 e. The van der Waals surface area contributed by atoms with E-state index in [2.05, 4.69) is 10.1 Å². The smallest absolute Gasteiger partial charge is 0.314 e. The second kappa shape index (κ2) is 6.66. The number of pyridine rings is 1. The maximum Gasteiger partial charge on any atom is 0.400 e. The monoisotopic (exact) mass is 270 g/mol. The van der Waals surface area contributed by atoms with E-state index in [-0.39, 0.29) is 12.3 Å². The summed E-state index contributed by atoms with van der Waals surface area (Å²) in [4.78, 5) is 4.12. The fourth-order valence-corrected chi connectivity index (χ4v) is 2.41. The van der Waals surface area contributed by atoms with E-state index in [4.69, 9.17) is 9.15 Å². The Balaban J connectivity index is 2.75. The van der Waals surface area contributed by atoms with Gasteiger partial charge in [0.05, 0.1) is 18.0 Å². The van der Waals surface area contributed by atoms with Crippen LogP contribution in [0.1, 0.15) is 33.4 Å². The Bertz CT molecular complexity index is 446. The van der Waals surface area contributed by atoms with Crippen molar-refractivity contribution in [3.63, 3.8) is 0 Å². The molecule has 1 aromatic heterocycles. The molecule has 0 N–H and O–H groups in total. The molecule has 5 nitrogen and oxygen atoms in total. The SMILES string of the molecule is CCP(=O)(O/N=C(/C)c1ccccn1)OC(C)C. The van der Waals surface area contributed by atoms with Crippen LogP contribution < -0.4 is 0 Å². The molecule has 0 saturated heterocycles. The van der Waals surface area contributed by atoms with Crippen molar-refractivity contribution in [2.45, 2.75) is 33.8 Å². The third kappa shape index (κ3) is 4.59. The molecule has 0 aromatic carbocycles. The summed E-state index contributed by atoms with van der Waals surface area (Å²) in [5.74, 6) is 0. The van der Waals surface area contributed by atoms with Gasteiger partial charge in [0.25, 0.3) is 0 Å². The predicted octanol–water partition coefficient (Wildman–Crippen LogP) is 3.46. The molecule has 0 aliphatic heterocycles. The van der Waals surface area contributed by atoms with Crippen LogP contribution in [-0.4, -0.2) is 23.0 Å². The summed E-state index contributed by atoms with van der Waals surface area (Å²) in [6, 6.07) is 5.48. The zero-order valence-electron chi connectivity index (χ0n) is 11.2. The van der Waals surface area contributed by atoms with Crippen molar-refractivity contribution in [3.8, 4) is 0 Å². The Morgan fingerprint density at radius 3 is 2.72 bits per heavy atom. The van der Waals surface area contributed by atoms with Gasteiger partial charge in [0.2, 0.25) is 0 Å². The first-order valence-corrected chi connectivity index (χ1v) is 7.62. The number of nitrogens with zero attached hydrogens (tertiary/aromatic N) is 2. The zero-order valence-corrected chi connectivity index (χ0v) is 12.1. The Morgan fingerprint density at radius 1 is 1.50 bits per heavy atom. The summed E-state index contributed by atoms with van der Waals surface area (Å²) in [7, 11) is -3.15. The predicted molar refractivity (Wildman–Crippen MR) is 71.9 cm³/mol. The van der Waals surface area contributed by atoms with Crippen LogP contribution in [-0.2, 0) is 13.7 Å². The lowest BCUT2D eigenvalue weighted by molar-refractivity contribution is 0.173. The lowest BCUT2D eigenvalue weighted by Gasteiger charge is -2.16. The summed E-state index contributed by atoms with van der Waals surface area (Å²) in [6.45, 7) is 7.11. The molecule has 6 heteroatoms. The lowest BCUT2D eigenvalue weighted by Crippen LogP contribution is -2.05. The highest BCUT2D eigenvalue weighted by Gasteiger charge is 2.25. The molecular formula is C12H19N2O3P. The minimum Gasteiger partial charge on any atom is -0.314 e. The van der Waals surface area contributed by atoms with E-state index < -0.39 is 7.60 Å². The standard InChI is InChI=1S/C12H19N2O3P/c1-5-18(15,16-10(2)3)17-14-11(4)12-8-6-7-9-13-12/h6-10H,5H2,1-4H3/b14-11-. The van der Waals surface area contributed by atoms with Gasteiger partial charge in [-0.15, -0.1) is 0 Å². The fourth-order valence-electron chi connectivity index (χ4n) is 1.22. The molecule has 0 fully saturated rings. The molecule has 0 radical (unpaired) electrons. The summed E-state index contributed by atoms with van der Waals surface area (Å²) >= 11 is 0. The van der Waals surface area contributed by atoms with Gasteiger partial charge in [-0.1, -0.05) is 18.1 Å². The van der Waals surface area contributed by atoms with Gasteiger partial charge in [-0.25, -0.2) is 4.57 Å². The van der Waals surface area contributed by atoms with Crippen LogP contribution in [0.15, 0.2) is 29.6 Å². The van der Waals surface area contributed by atoms with Crippen molar-refractivity contribution in [3.05, 3.63) is 30.1 Å². The zero-order chi connectivity index (χ0) is 13.6. The van der Waals surface area contributed by atoms with Gasteiger partial charge < -0.3 is 4.62 Å². The van der Waals surface area contributed by atoms with Crippen molar-refractivity contribution in [1.29, 1.82) is 0 Å². The number of oxime groups is 1. The summed E-state index contributed by atoms with van der Waals surface area (Å²) in [5.41, 5.74) is 1.25. The van der Waals surface area contributed by atoms with E-state index in [1.54, 1.807) is 33.9 Å². The maximum atomic E-state index is 12.2. The van der Waals surface area contributed by atoms with Gasteiger partial charge in [-0.2, -0.15) is 0 Å². The second-order valence-electron chi connectivity index (χ2n) is 4.05. The van der Waals surface area contributed by atoms with Gasteiger partial charge in [0.15, 0.2) is 0 Å². The van der Waals surface area contributed by atoms with E-state index in [1.165, 1.54) is 0 Å². The van der Waals surface area contributed by atoms with Gasteiger partial charge in [-0.05, 0) is 32.9 Å². The Hall–Kier alpha value is -1.19. The molecule has 0 aliphatic carbocycles. The summed E-state index contributed by atoms with van der Waals surface area (Å²) < 4.78 is 22.5. The molecule has 1 heterocycles. The van der Waals surface area contributed by atoms with Crippen molar-refractivity contribution in [2.75, 3.05) is 6.16 Å². The Kier molecular flexibility index (Phi) is 5.51. The molecule has 0 aliphatic rings. The van der Waals surface area contributed by atoms with Crippen LogP contribution in [0.5, 0.6) is 0 Å². The van der Waals surface area contributed by atoms with Crippen LogP contribution >= 0.6 is 7.60 Å². The highest BCUT2D eigenvalue weighted by molar-refractivity contribution is 7.53. The first-order chi connectivity index (χ1) is 8.47. The van der Waals surface area contributed by atoms with Gasteiger partial charge in [0.1, 0.15) is 5.71 Å². The minimum absolute atomic E-state index is 0.166. The minimum atomic E-state index is -3.15. The molecular weight excluding hydrogens is 251 g/mol. The van der Waals surface area contributed by atoms with Crippen molar-refractivity contribution in [2.24, 2.45) is 5.16 Å². The van der Waals surface area contributed by atoms with E-state index in [9.17, 15) is 4.57 Å². The fraction of sp³-hybridized carbons (Fsp3) is 0.500. The van der Waals surface area contributed by atoms with Crippen molar-refractivity contribution >= 4 is 13.3 Å². The third-order valence-corrected chi connectivity index (χ3v) is 3.94. The number of hydrogen-bond donors (Lipinski definition) is 0. The second-order valence-corrected chi connectivity index (χ2v) is 6.28. The summed E-state index contributed by atoms with van der Waals surface area (Å²) in [6.07, 6.45) is 1.78. The van der Waals surface area contributed by atoms with Gasteiger partial charge >= 0.3 is 7.60 Å². The molecule has 18 heavy (non-hydrogen) atoms. The molecule has 1 aromatic rings. The van der Waals surface area contributed by atoms with Crippen molar-refractivity contribution in [1.82, 2.24) is 4.98 Å². The number of rotatable bonds is 6. The molecule has 0 amide bonds. The highest BCUT2D eigenvalue weighted by atomic mass is 31.2. The van der Waals surface area contributed by atoms with Crippen LogP contribution in [0, 0.1) is 0 Å². The molecule has 1 unspecified atom stereocenters. The van der Waals surface area contributed by atoms with Crippen LogP contribution in [0.25, 0.3) is 0 Å². The molecule has 1 atom stereocenters. The van der Waals surface area contributed by atoms with Crippen molar-refractivity contribution < 1.29 is 13.7 Å². The van der Waals surface area contributed by atoms with Gasteiger partial charge in [-0.3, -0.25) is 9.51 Å². The quantitative estimate of drug-likeness (QED) is 0.451. The topological polar surface area (TPSA) is 60.8 Å². The molecule has 1 rings (SSSR count). The van der Waals surface area contributed by atoms with Gasteiger partial charge in [0, 0.05) is 6.20 Å². The third-order valence-electron chi connectivity index (χ3n) is 2.10. The maximum absolute atomic E-state index is 12.2. The average molecular weight is 270 g/mol. The molecule has 0 bridgehead atoms. The average Bonchev–Trinajstić information content (AvgIpc) is 2.36. The van der Waals surface area contributed by atoms with Crippen LogP contribution in [0.4, 0.5) is 0 Å². The number of aromatic nitrogens is 1. The normalized spacial score (nSPS) is 15.5. The highest BCUT2D eigenvalue weighted by Crippen LogP contribution is 2.49. The Labute approximate surface area is 108 Å². The number of hydrogen-bond acceptors (Lipinski definition) is 5. The first-order valence-electron chi connectivity index (χ1n) is 5.89. The van der Waals surface area contributed by atoms with E-state index in [0.717, 1.165) is 0 Å². The van der Waals surface area contributed by atoms with Crippen LogP contribution in [0.2, 0.25) is 0 Å². The molecule has 0 spiro atoms. The van der Waals surface area contributed by atoms with E-state index in [1.807, 2.05) is 18.2 Å². The lowest BCUT2D eigenvalue weighted by atomic mass is 10.3. The van der Waals surface area contributed by atoms with Crippen LogP contribution in [0.3, 0.4) is 0 Å². The van der Waals surface area contributed by atoms with E-state index >= 15 is 0 Å². The Morgan fingerprint density at radius 2 is 2.22 bits per heavy atom. The molecule has 0 saturated carbocycles. The van der Waals surface area contributed by atoms with E-state index in [0.29, 0.717) is 11.4 Å². The summed E-state index contributed by atoms with van der Waals surface area (Å²) in [5, 5.41) is 3.86.